The molecule has 0 saturated heterocycles. The minimum Gasteiger partial charge on any atom is -0.270 e. The van der Waals surface area contributed by atoms with Gasteiger partial charge < -0.3 is 0 Å². The molecule has 15 heteroatoms. The number of fused-ring (bicyclic) bond motifs is 1. The van der Waals surface area contributed by atoms with Crippen LogP contribution in [0.1, 0.15) is 0 Å². The first-order valence-corrected chi connectivity index (χ1v) is 9.15. The zero-order chi connectivity index (χ0) is 22.0. The number of thioether (sulfide) groups is 1. The van der Waals surface area contributed by atoms with Gasteiger partial charge in [0.25, 0.3) is 4.75 Å². The van der Waals surface area contributed by atoms with Crippen molar-refractivity contribution >= 4 is 50.7 Å². The lowest BCUT2D eigenvalue weighted by molar-refractivity contribution is -0.253. The van der Waals surface area contributed by atoms with Crippen molar-refractivity contribution in [2.75, 3.05) is 0 Å². The number of thiazole rings is 1. The molecule has 1 aliphatic heterocycles. The highest BCUT2D eigenvalue weighted by atomic mass is 32.2. The fourth-order valence-electron chi connectivity index (χ4n) is 2.51. The second kappa shape index (κ2) is 6.70. The van der Waals surface area contributed by atoms with E-state index in [0.717, 1.165) is 11.3 Å². The molecule has 1 aromatic heterocycles. The van der Waals surface area contributed by atoms with E-state index in [4.69, 9.17) is 12.2 Å². The average Bonchev–Trinajstić information content (AvgIpc) is 3.09. The third-order valence-electron chi connectivity index (χ3n) is 3.72. The number of hydrogen-bond donors (Lipinski definition) is 0. The first kappa shape index (κ1) is 22.1. The number of hydrogen-bond acceptors (Lipinski definition) is 4. The van der Waals surface area contributed by atoms with Gasteiger partial charge in [0.1, 0.15) is 5.70 Å². The molecular formula is C14H4F10N2S3. The zero-order valence-corrected chi connectivity index (χ0v) is 15.7. The Morgan fingerprint density at radius 3 is 2.03 bits per heavy atom. The monoisotopic (exact) mass is 486 g/mol. The summed E-state index contributed by atoms with van der Waals surface area (Å²) in [5, 5.41) is -1.17. The van der Waals surface area contributed by atoms with Crippen LogP contribution in [0.4, 0.5) is 43.9 Å². The van der Waals surface area contributed by atoms with Crippen LogP contribution in [-0.2, 0) is 0 Å². The maximum Gasteiger partial charge on any atom is 0.444 e. The highest BCUT2D eigenvalue weighted by molar-refractivity contribution is 8.15. The maximum atomic E-state index is 13.8. The Kier molecular flexibility index (Phi) is 5.10. The molecule has 0 atom stereocenters. The highest BCUT2D eigenvalue weighted by Crippen LogP contribution is 2.62. The SMILES string of the molecule is F/C(=C1/N=C(n2c(=S)sc3ccccc32)SC1(C(F)(F)F)C(F)(F)F)C(F)(F)F. The first-order valence-electron chi connectivity index (χ1n) is 7.11. The van der Waals surface area contributed by atoms with Crippen molar-refractivity contribution in [1.29, 1.82) is 0 Å². The molecule has 0 aliphatic carbocycles. The summed E-state index contributed by atoms with van der Waals surface area (Å²) >= 11 is 4.62. The molecule has 3 rings (SSSR count). The van der Waals surface area contributed by atoms with Gasteiger partial charge in [0.05, 0.1) is 10.2 Å². The Morgan fingerprint density at radius 1 is 0.966 bits per heavy atom. The summed E-state index contributed by atoms with van der Waals surface area (Å²) in [6.45, 7) is 0. The van der Waals surface area contributed by atoms with Crippen LogP contribution < -0.4 is 0 Å². The number of aliphatic imine (C=N–C) groups is 1. The summed E-state index contributed by atoms with van der Waals surface area (Å²) in [5.74, 6) is -3.58. The molecule has 2 aromatic rings. The Labute approximate surface area is 167 Å². The maximum absolute atomic E-state index is 13.8. The molecule has 0 bridgehead atoms. The molecule has 2 nitrogen and oxygen atoms in total. The van der Waals surface area contributed by atoms with Crippen LogP contribution in [0.3, 0.4) is 0 Å². The summed E-state index contributed by atoms with van der Waals surface area (Å²) in [5.41, 5.74) is -2.80. The van der Waals surface area contributed by atoms with Gasteiger partial charge >= 0.3 is 18.5 Å². The molecule has 158 valence electrons. The molecule has 1 aliphatic rings. The fraction of sp³-hybridized carbons (Fsp3) is 0.286. The number of rotatable bonds is 0. The van der Waals surface area contributed by atoms with Gasteiger partial charge in [-0.3, -0.25) is 4.57 Å². The van der Waals surface area contributed by atoms with Crippen molar-refractivity contribution < 1.29 is 43.9 Å². The predicted molar refractivity (Wildman–Crippen MR) is 90.1 cm³/mol. The first-order chi connectivity index (χ1) is 13.1. The normalized spacial score (nSPS) is 19.6. The molecule has 1 aromatic carbocycles. The average molecular weight is 486 g/mol. The number of halogens is 10. The zero-order valence-electron chi connectivity index (χ0n) is 13.2. The van der Waals surface area contributed by atoms with E-state index in [9.17, 15) is 43.9 Å². The number of benzene rings is 1. The molecule has 0 N–H and O–H groups in total. The number of aromatic nitrogens is 1. The molecule has 0 radical (unpaired) electrons. The lowest BCUT2D eigenvalue weighted by Crippen LogP contribution is -2.54. The minimum absolute atomic E-state index is 0.0145. The van der Waals surface area contributed by atoms with Gasteiger partial charge in [0, 0.05) is 0 Å². The van der Waals surface area contributed by atoms with Crippen LogP contribution in [0, 0.1) is 3.95 Å². The number of para-hydroxylation sites is 1. The van der Waals surface area contributed by atoms with Crippen LogP contribution in [0.15, 0.2) is 40.8 Å². The largest absolute Gasteiger partial charge is 0.444 e. The third kappa shape index (κ3) is 3.36. The number of allylic oxidation sites excluding steroid dienone is 1. The lowest BCUT2D eigenvalue weighted by atomic mass is 10.0. The Bertz CT molecular complexity index is 1070. The summed E-state index contributed by atoms with van der Waals surface area (Å²) < 4.78 is 129. The van der Waals surface area contributed by atoms with Gasteiger partial charge in [-0.05, 0) is 24.4 Å². The second-order valence-electron chi connectivity index (χ2n) is 5.50. The van der Waals surface area contributed by atoms with Gasteiger partial charge in [-0.2, -0.15) is 43.9 Å². The summed E-state index contributed by atoms with van der Waals surface area (Å²) in [6.07, 6.45) is -18.8. The van der Waals surface area contributed by atoms with Gasteiger partial charge in [-0.25, -0.2) is 4.99 Å². The van der Waals surface area contributed by atoms with Crippen LogP contribution in [0.2, 0.25) is 0 Å². The minimum atomic E-state index is -6.35. The molecule has 0 amide bonds. The predicted octanol–water partition coefficient (Wildman–Crippen LogP) is 6.99. The van der Waals surface area contributed by atoms with E-state index in [0.29, 0.717) is 9.27 Å². The number of nitrogens with zero attached hydrogens (tertiary/aromatic N) is 2. The van der Waals surface area contributed by atoms with Crippen molar-refractivity contribution in [2.45, 2.75) is 23.3 Å². The Balaban J connectivity index is 2.39. The van der Waals surface area contributed by atoms with Gasteiger partial charge in [0.15, 0.2) is 9.12 Å². The molecule has 29 heavy (non-hydrogen) atoms. The molecule has 2 heterocycles. The highest BCUT2D eigenvalue weighted by Gasteiger charge is 2.78. The van der Waals surface area contributed by atoms with Crippen molar-refractivity contribution in [3.63, 3.8) is 0 Å². The second-order valence-corrected chi connectivity index (χ2v) is 8.36. The number of alkyl halides is 9. The molecular weight excluding hydrogens is 482 g/mol. The summed E-state index contributed by atoms with van der Waals surface area (Å²) in [4.78, 5) is 2.82. The summed E-state index contributed by atoms with van der Waals surface area (Å²) in [7, 11) is 0. The quantitative estimate of drug-likeness (QED) is 0.295. The van der Waals surface area contributed by atoms with E-state index in [-0.39, 0.29) is 9.47 Å². The van der Waals surface area contributed by atoms with E-state index < -0.39 is 51.7 Å². The van der Waals surface area contributed by atoms with Crippen molar-refractivity contribution in [1.82, 2.24) is 4.57 Å². The Morgan fingerprint density at radius 2 is 1.52 bits per heavy atom. The smallest absolute Gasteiger partial charge is 0.270 e. The summed E-state index contributed by atoms with van der Waals surface area (Å²) in [6, 6.07) is 5.61. The Hall–Kier alpha value is -1.61. The molecule has 0 saturated carbocycles. The van der Waals surface area contributed by atoms with Crippen LogP contribution in [0.25, 0.3) is 10.2 Å². The van der Waals surface area contributed by atoms with Crippen molar-refractivity contribution in [3.8, 4) is 0 Å². The lowest BCUT2D eigenvalue weighted by Gasteiger charge is -2.33. The van der Waals surface area contributed by atoms with E-state index in [1.54, 1.807) is 0 Å². The van der Waals surface area contributed by atoms with E-state index >= 15 is 0 Å². The van der Waals surface area contributed by atoms with Crippen LogP contribution >= 0.6 is 35.3 Å². The van der Waals surface area contributed by atoms with Crippen LogP contribution in [0.5, 0.6) is 0 Å². The fourth-order valence-corrected chi connectivity index (χ4v) is 5.11. The van der Waals surface area contributed by atoms with Gasteiger partial charge in [-0.15, -0.1) is 11.3 Å². The standard InChI is InChI=1S/C14H4F10N2S3/c15-7(12(16,17)18)8-11(13(19,20)21,14(22,23)24)29-9(25-8)26-5-3-1-2-4-6(5)28-10(26)27/h1-4H/b8-7+. The van der Waals surface area contributed by atoms with Crippen LogP contribution in [-0.4, -0.2) is 33.0 Å². The third-order valence-corrected chi connectivity index (χ3v) is 6.49. The van der Waals surface area contributed by atoms with Gasteiger partial charge in [0.2, 0.25) is 5.83 Å². The van der Waals surface area contributed by atoms with Gasteiger partial charge in [-0.1, -0.05) is 23.9 Å². The van der Waals surface area contributed by atoms with Crippen molar-refractivity contribution in [3.05, 3.63) is 39.7 Å². The molecule has 0 spiro atoms. The molecule has 0 fully saturated rings. The molecule has 0 unspecified atom stereocenters. The van der Waals surface area contributed by atoms with E-state index in [1.807, 2.05) is 0 Å². The van der Waals surface area contributed by atoms with E-state index in [1.165, 1.54) is 24.3 Å². The van der Waals surface area contributed by atoms with Crippen molar-refractivity contribution in [2.24, 2.45) is 4.99 Å². The van der Waals surface area contributed by atoms with E-state index in [2.05, 4.69) is 4.99 Å². The topological polar surface area (TPSA) is 17.3 Å².